The van der Waals surface area contributed by atoms with Crippen LogP contribution in [-0.4, -0.2) is 56.8 Å². The summed E-state index contributed by atoms with van der Waals surface area (Å²) in [5.41, 5.74) is 1.03. The maximum atomic E-state index is 12.7. The molecule has 4 rings (SSSR count). The molecule has 1 unspecified atom stereocenters. The number of nitrogens with one attached hydrogen (secondary N) is 1. The van der Waals surface area contributed by atoms with Gasteiger partial charge in [0, 0.05) is 25.2 Å². The number of aromatic nitrogens is 2. The largest absolute Gasteiger partial charge is 0.330 e. The second kappa shape index (κ2) is 9.02. The minimum atomic E-state index is -0.263. The van der Waals surface area contributed by atoms with Gasteiger partial charge < -0.3 is 14.8 Å². The van der Waals surface area contributed by atoms with Crippen LogP contribution in [0.25, 0.3) is 0 Å². The van der Waals surface area contributed by atoms with E-state index in [0.717, 1.165) is 13.1 Å². The zero-order valence-electron chi connectivity index (χ0n) is 17.1. The van der Waals surface area contributed by atoms with Crippen molar-refractivity contribution in [2.24, 2.45) is 0 Å². The van der Waals surface area contributed by atoms with Crippen LogP contribution >= 0.6 is 11.6 Å². The van der Waals surface area contributed by atoms with Gasteiger partial charge in [0.15, 0.2) is 0 Å². The molecule has 158 valence electrons. The Hall–Kier alpha value is -2.64. The number of halogens is 1. The number of para-hydroxylation sites is 1. The number of nitrogens with zero attached hydrogens (tertiary/aromatic N) is 4. The van der Waals surface area contributed by atoms with Crippen LogP contribution in [0.15, 0.2) is 42.6 Å². The smallest absolute Gasteiger partial charge is 0.273 e. The average molecular weight is 428 g/mol. The van der Waals surface area contributed by atoms with E-state index in [1.54, 1.807) is 29.3 Å². The summed E-state index contributed by atoms with van der Waals surface area (Å²) in [5.74, 6) is 0.429. The Morgan fingerprint density at radius 1 is 1.17 bits per heavy atom. The van der Waals surface area contributed by atoms with Gasteiger partial charge in [0.25, 0.3) is 5.91 Å². The standard InChI is InChI=1S/C22H26ClN5O2/c1-16(26-10-4-5-11-26)8-9-21(29)27-12-13-28-19(14-24-20(28)15-27)22(30)25-18-7-3-2-6-17(18)23/h2-3,6-9,14,16H,4-5,10-13,15H2,1H3,(H,25,30)/b9-8+. The Morgan fingerprint density at radius 3 is 2.70 bits per heavy atom. The molecule has 0 radical (unpaired) electrons. The van der Waals surface area contributed by atoms with Crippen molar-refractivity contribution in [3.8, 4) is 0 Å². The van der Waals surface area contributed by atoms with Crippen molar-refractivity contribution in [3.63, 3.8) is 0 Å². The van der Waals surface area contributed by atoms with Gasteiger partial charge in [-0.25, -0.2) is 4.98 Å². The number of rotatable bonds is 5. The van der Waals surface area contributed by atoms with E-state index in [4.69, 9.17) is 11.6 Å². The molecule has 2 aromatic rings. The van der Waals surface area contributed by atoms with Crippen LogP contribution in [-0.2, 0) is 17.9 Å². The molecule has 30 heavy (non-hydrogen) atoms. The van der Waals surface area contributed by atoms with Gasteiger partial charge in [0.1, 0.15) is 11.5 Å². The number of benzene rings is 1. The van der Waals surface area contributed by atoms with Crippen molar-refractivity contribution in [3.05, 3.63) is 59.2 Å². The van der Waals surface area contributed by atoms with Crippen molar-refractivity contribution in [2.75, 3.05) is 25.0 Å². The van der Waals surface area contributed by atoms with Gasteiger partial charge in [-0.15, -0.1) is 0 Å². The van der Waals surface area contributed by atoms with Gasteiger partial charge in [0.2, 0.25) is 5.91 Å². The number of likely N-dealkylation sites (tertiary alicyclic amines) is 1. The highest BCUT2D eigenvalue weighted by molar-refractivity contribution is 6.33. The quantitative estimate of drug-likeness (QED) is 0.744. The van der Waals surface area contributed by atoms with E-state index in [0.29, 0.717) is 41.9 Å². The van der Waals surface area contributed by atoms with Gasteiger partial charge in [-0.3, -0.25) is 14.5 Å². The summed E-state index contributed by atoms with van der Waals surface area (Å²) in [4.78, 5) is 33.9. The number of hydrogen-bond acceptors (Lipinski definition) is 4. The molecule has 2 aliphatic rings. The van der Waals surface area contributed by atoms with E-state index in [1.165, 1.54) is 12.8 Å². The highest BCUT2D eigenvalue weighted by atomic mass is 35.5. The Morgan fingerprint density at radius 2 is 1.93 bits per heavy atom. The third-order valence-corrected chi connectivity index (χ3v) is 6.09. The van der Waals surface area contributed by atoms with Crippen molar-refractivity contribution in [2.45, 2.75) is 38.9 Å². The molecule has 0 bridgehead atoms. The fraction of sp³-hybridized carbons (Fsp3) is 0.409. The van der Waals surface area contributed by atoms with Crippen LogP contribution in [0.4, 0.5) is 5.69 Å². The number of carbonyl (C=O) groups is 2. The topological polar surface area (TPSA) is 70.5 Å². The Labute approximate surface area is 181 Å². The molecule has 0 saturated carbocycles. The van der Waals surface area contributed by atoms with Gasteiger partial charge >= 0.3 is 0 Å². The fourth-order valence-corrected chi connectivity index (χ4v) is 4.16. The third-order valence-electron chi connectivity index (χ3n) is 5.76. The summed E-state index contributed by atoms with van der Waals surface area (Å²) >= 11 is 6.13. The first-order chi connectivity index (χ1) is 14.5. The molecule has 1 N–H and O–H groups in total. The fourth-order valence-electron chi connectivity index (χ4n) is 3.98. The van der Waals surface area contributed by atoms with E-state index in [9.17, 15) is 9.59 Å². The normalized spacial score (nSPS) is 17.9. The number of hydrogen-bond donors (Lipinski definition) is 1. The predicted molar refractivity (Wildman–Crippen MR) is 116 cm³/mol. The van der Waals surface area contributed by atoms with Crippen molar-refractivity contribution >= 4 is 29.1 Å². The number of fused-ring (bicyclic) bond motifs is 1. The molecule has 7 nitrogen and oxygen atoms in total. The molecule has 1 atom stereocenters. The van der Waals surface area contributed by atoms with E-state index in [2.05, 4.69) is 22.1 Å². The first-order valence-electron chi connectivity index (χ1n) is 10.3. The van der Waals surface area contributed by atoms with Crippen LogP contribution in [0, 0.1) is 0 Å². The third kappa shape index (κ3) is 4.42. The molecule has 1 saturated heterocycles. The van der Waals surface area contributed by atoms with Gasteiger partial charge in [-0.05, 0) is 45.0 Å². The Bertz CT molecular complexity index is 964. The van der Waals surface area contributed by atoms with Crippen LogP contribution in [0.3, 0.4) is 0 Å². The second-order valence-corrected chi connectivity index (χ2v) is 8.16. The van der Waals surface area contributed by atoms with E-state index in [1.807, 2.05) is 22.8 Å². The summed E-state index contributed by atoms with van der Waals surface area (Å²) in [5, 5.41) is 3.31. The number of imidazole rings is 1. The highest BCUT2D eigenvalue weighted by Crippen LogP contribution is 2.22. The summed E-state index contributed by atoms with van der Waals surface area (Å²) < 4.78 is 1.87. The molecule has 2 aliphatic heterocycles. The summed E-state index contributed by atoms with van der Waals surface area (Å²) in [6.45, 7) is 5.78. The average Bonchev–Trinajstić information content (AvgIpc) is 3.43. The number of anilines is 1. The molecule has 3 heterocycles. The van der Waals surface area contributed by atoms with Crippen LogP contribution < -0.4 is 5.32 Å². The summed E-state index contributed by atoms with van der Waals surface area (Å²) in [6, 6.07) is 7.37. The van der Waals surface area contributed by atoms with Crippen molar-refractivity contribution in [1.29, 1.82) is 0 Å². The molecule has 0 aliphatic carbocycles. The molecular formula is C22H26ClN5O2. The molecule has 1 fully saturated rings. The van der Waals surface area contributed by atoms with E-state index >= 15 is 0 Å². The molecule has 8 heteroatoms. The summed E-state index contributed by atoms with van der Waals surface area (Å²) in [6.07, 6.45) is 7.67. The highest BCUT2D eigenvalue weighted by Gasteiger charge is 2.25. The molecule has 0 spiro atoms. The minimum Gasteiger partial charge on any atom is -0.330 e. The molecule has 1 aromatic carbocycles. The predicted octanol–water partition coefficient (Wildman–Crippen LogP) is 3.17. The van der Waals surface area contributed by atoms with Crippen molar-refractivity contribution < 1.29 is 9.59 Å². The lowest BCUT2D eigenvalue weighted by Crippen LogP contribution is -2.38. The van der Waals surface area contributed by atoms with Crippen LogP contribution in [0.5, 0.6) is 0 Å². The number of amides is 2. The van der Waals surface area contributed by atoms with E-state index < -0.39 is 0 Å². The first-order valence-corrected chi connectivity index (χ1v) is 10.7. The second-order valence-electron chi connectivity index (χ2n) is 7.75. The maximum Gasteiger partial charge on any atom is 0.273 e. The minimum absolute atomic E-state index is 0.0163. The lowest BCUT2D eigenvalue weighted by atomic mass is 10.2. The lowest BCUT2D eigenvalue weighted by Gasteiger charge is -2.28. The first kappa shape index (κ1) is 20.6. The zero-order valence-corrected chi connectivity index (χ0v) is 17.8. The summed E-state index contributed by atoms with van der Waals surface area (Å²) in [7, 11) is 0. The zero-order chi connectivity index (χ0) is 21.1. The molecule has 1 aromatic heterocycles. The van der Waals surface area contributed by atoms with Gasteiger partial charge in [0.05, 0.1) is 23.5 Å². The lowest BCUT2D eigenvalue weighted by molar-refractivity contribution is -0.127. The number of carbonyl (C=O) groups excluding carboxylic acids is 2. The van der Waals surface area contributed by atoms with Crippen LogP contribution in [0.1, 0.15) is 36.1 Å². The molecule has 2 amide bonds. The van der Waals surface area contributed by atoms with E-state index in [-0.39, 0.29) is 17.9 Å². The Kier molecular flexibility index (Phi) is 6.20. The van der Waals surface area contributed by atoms with Gasteiger partial charge in [-0.1, -0.05) is 29.8 Å². The SMILES string of the molecule is CC(/C=C/C(=O)N1CCn2c(C(=O)Nc3ccccc3Cl)cnc2C1)N1CCCC1. The molecular weight excluding hydrogens is 402 g/mol. The monoisotopic (exact) mass is 427 g/mol. The maximum absolute atomic E-state index is 12.7. The van der Waals surface area contributed by atoms with Crippen molar-refractivity contribution in [1.82, 2.24) is 19.4 Å². The Balaban J connectivity index is 1.39. The van der Waals surface area contributed by atoms with Crippen LogP contribution in [0.2, 0.25) is 5.02 Å². The van der Waals surface area contributed by atoms with Gasteiger partial charge in [-0.2, -0.15) is 0 Å².